The second-order valence-electron chi connectivity index (χ2n) is 7.05. The van der Waals surface area contributed by atoms with Crippen LogP contribution in [0.4, 0.5) is 0 Å². The van der Waals surface area contributed by atoms with E-state index in [0.29, 0.717) is 23.7 Å². The number of nitrogens with zero attached hydrogens (tertiary/aromatic N) is 5. The maximum atomic E-state index is 13.0. The molecule has 28 heavy (non-hydrogen) atoms. The summed E-state index contributed by atoms with van der Waals surface area (Å²) in [7, 11) is 0. The van der Waals surface area contributed by atoms with E-state index in [2.05, 4.69) is 15.2 Å². The topological polar surface area (TPSA) is 67.4 Å². The first-order valence-electron chi connectivity index (χ1n) is 9.25. The van der Waals surface area contributed by atoms with Gasteiger partial charge in [-0.3, -0.25) is 9.69 Å². The molecule has 7 nitrogen and oxygen atoms in total. The van der Waals surface area contributed by atoms with Crippen LogP contribution in [0.5, 0.6) is 0 Å². The Labute approximate surface area is 168 Å². The van der Waals surface area contributed by atoms with Gasteiger partial charge in [-0.25, -0.2) is 4.68 Å². The van der Waals surface area contributed by atoms with Gasteiger partial charge in [0, 0.05) is 50.0 Å². The largest absolute Gasteiger partial charge is 0.361 e. The molecule has 3 aromatic rings. The molecule has 0 N–H and O–H groups in total. The average molecular weight is 400 g/mol. The Bertz CT molecular complexity index is 971. The van der Waals surface area contributed by atoms with E-state index in [1.165, 1.54) is 0 Å². The highest BCUT2D eigenvalue weighted by Crippen LogP contribution is 2.18. The zero-order chi connectivity index (χ0) is 19.7. The van der Waals surface area contributed by atoms with Crippen molar-refractivity contribution in [2.24, 2.45) is 0 Å². The molecule has 8 heteroatoms. The second kappa shape index (κ2) is 7.77. The fourth-order valence-corrected chi connectivity index (χ4v) is 3.52. The zero-order valence-corrected chi connectivity index (χ0v) is 16.7. The molecule has 1 aliphatic rings. The van der Waals surface area contributed by atoms with Crippen LogP contribution < -0.4 is 0 Å². The van der Waals surface area contributed by atoms with Gasteiger partial charge in [0.1, 0.15) is 5.76 Å². The van der Waals surface area contributed by atoms with Crippen LogP contribution in [0.3, 0.4) is 0 Å². The van der Waals surface area contributed by atoms with Crippen molar-refractivity contribution in [2.45, 2.75) is 20.4 Å². The lowest BCUT2D eigenvalue weighted by Crippen LogP contribution is -2.48. The molecule has 2 aromatic heterocycles. The lowest BCUT2D eigenvalue weighted by Gasteiger charge is -2.34. The first-order valence-corrected chi connectivity index (χ1v) is 9.63. The lowest BCUT2D eigenvalue weighted by molar-refractivity contribution is 0.0625. The molecule has 1 saturated heterocycles. The van der Waals surface area contributed by atoms with Crippen molar-refractivity contribution in [1.82, 2.24) is 24.7 Å². The quantitative estimate of drug-likeness (QED) is 0.674. The molecule has 0 radical (unpaired) electrons. The summed E-state index contributed by atoms with van der Waals surface area (Å²) in [5.74, 6) is 0.839. The number of hydrogen-bond donors (Lipinski definition) is 0. The summed E-state index contributed by atoms with van der Waals surface area (Å²) in [5, 5.41) is 9.21. The van der Waals surface area contributed by atoms with E-state index >= 15 is 0 Å². The lowest BCUT2D eigenvalue weighted by atomic mass is 10.2. The number of rotatable bonds is 4. The van der Waals surface area contributed by atoms with Crippen molar-refractivity contribution in [1.29, 1.82) is 0 Å². The predicted molar refractivity (Wildman–Crippen MR) is 106 cm³/mol. The molecule has 1 aliphatic heterocycles. The maximum Gasteiger partial charge on any atom is 0.257 e. The number of benzene rings is 1. The summed E-state index contributed by atoms with van der Waals surface area (Å²) < 4.78 is 6.85. The highest BCUT2D eigenvalue weighted by atomic mass is 35.5. The van der Waals surface area contributed by atoms with Gasteiger partial charge in [0.05, 0.1) is 22.6 Å². The molecule has 0 bridgehead atoms. The van der Waals surface area contributed by atoms with Gasteiger partial charge in [0.2, 0.25) is 0 Å². The number of aromatic nitrogens is 3. The average Bonchev–Trinajstić information content (AvgIpc) is 3.28. The molecule has 1 amide bonds. The van der Waals surface area contributed by atoms with Crippen molar-refractivity contribution in [3.63, 3.8) is 0 Å². The number of aryl methyl sites for hydroxylation is 2. The van der Waals surface area contributed by atoms with Crippen LogP contribution in [0.15, 0.2) is 41.1 Å². The van der Waals surface area contributed by atoms with Crippen molar-refractivity contribution in [2.75, 3.05) is 26.2 Å². The van der Waals surface area contributed by atoms with E-state index in [1.54, 1.807) is 10.9 Å². The van der Waals surface area contributed by atoms with E-state index in [0.717, 1.165) is 42.5 Å². The standard InChI is InChI=1S/C20H22ClN5O2/c1-14-11-17(23-28-14)12-24-7-9-25(10-8-24)20(27)19-13-26(22-15(19)2)18-5-3-16(21)4-6-18/h3-6,11,13H,7-10,12H2,1-2H3. The molecule has 3 heterocycles. The SMILES string of the molecule is Cc1cc(CN2CCN(C(=O)c3cn(-c4ccc(Cl)cc4)nc3C)CC2)no1. The van der Waals surface area contributed by atoms with Crippen LogP contribution in [0.2, 0.25) is 5.02 Å². The van der Waals surface area contributed by atoms with Crippen molar-refractivity contribution < 1.29 is 9.32 Å². The van der Waals surface area contributed by atoms with Gasteiger partial charge >= 0.3 is 0 Å². The molecular weight excluding hydrogens is 378 g/mol. The van der Waals surface area contributed by atoms with Gasteiger partial charge in [-0.15, -0.1) is 0 Å². The monoisotopic (exact) mass is 399 g/mol. The Morgan fingerprint density at radius 2 is 1.86 bits per heavy atom. The number of carbonyl (C=O) groups is 1. The Morgan fingerprint density at radius 3 is 2.50 bits per heavy atom. The van der Waals surface area contributed by atoms with Gasteiger partial charge in [0.15, 0.2) is 0 Å². The summed E-state index contributed by atoms with van der Waals surface area (Å²) in [5.41, 5.74) is 3.16. The van der Waals surface area contributed by atoms with E-state index in [-0.39, 0.29) is 5.91 Å². The molecule has 4 rings (SSSR count). The van der Waals surface area contributed by atoms with E-state index in [9.17, 15) is 4.79 Å². The fourth-order valence-electron chi connectivity index (χ4n) is 3.40. The summed E-state index contributed by atoms with van der Waals surface area (Å²) in [6.45, 7) is 7.47. The number of halogens is 1. The maximum absolute atomic E-state index is 13.0. The molecular formula is C20H22ClN5O2. The number of amides is 1. The minimum atomic E-state index is 0.0228. The Hall–Kier alpha value is -2.64. The third-order valence-electron chi connectivity index (χ3n) is 4.94. The van der Waals surface area contributed by atoms with Gasteiger partial charge in [-0.05, 0) is 38.1 Å². The Morgan fingerprint density at radius 1 is 1.14 bits per heavy atom. The summed E-state index contributed by atoms with van der Waals surface area (Å²) in [4.78, 5) is 17.2. The van der Waals surface area contributed by atoms with Gasteiger partial charge in [0.25, 0.3) is 5.91 Å². The van der Waals surface area contributed by atoms with Crippen LogP contribution in [0, 0.1) is 13.8 Å². The van der Waals surface area contributed by atoms with E-state index in [1.807, 2.05) is 49.1 Å². The van der Waals surface area contributed by atoms with E-state index < -0.39 is 0 Å². The van der Waals surface area contributed by atoms with Crippen LogP contribution in [0.25, 0.3) is 5.69 Å². The first kappa shape index (κ1) is 18.7. The summed E-state index contributed by atoms with van der Waals surface area (Å²) >= 11 is 5.95. The molecule has 0 spiro atoms. The van der Waals surface area contributed by atoms with Gasteiger partial charge in [-0.1, -0.05) is 16.8 Å². The van der Waals surface area contributed by atoms with Crippen molar-refractivity contribution in [3.05, 3.63) is 64.3 Å². The first-order chi connectivity index (χ1) is 13.5. The molecule has 1 aromatic carbocycles. The predicted octanol–water partition coefficient (Wildman–Crippen LogP) is 3.09. The van der Waals surface area contributed by atoms with E-state index in [4.69, 9.17) is 16.1 Å². The molecule has 0 aliphatic carbocycles. The fraction of sp³-hybridized carbons (Fsp3) is 0.350. The smallest absolute Gasteiger partial charge is 0.257 e. The van der Waals surface area contributed by atoms with Crippen molar-refractivity contribution in [3.8, 4) is 5.69 Å². The van der Waals surface area contributed by atoms with Crippen LogP contribution in [0.1, 0.15) is 27.5 Å². The number of carbonyl (C=O) groups excluding carboxylic acids is 1. The number of hydrogen-bond acceptors (Lipinski definition) is 5. The second-order valence-corrected chi connectivity index (χ2v) is 7.48. The third kappa shape index (κ3) is 3.95. The minimum Gasteiger partial charge on any atom is -0.361 e. The Balaban J connectivity index is 1.40. The van der Waals surface area contributed by atoms with Crippen LogP contribution in [-0.4, -0.2) is 56.8 Å². The highest BCUT2D eigenvalue weighted by molar-refractivity contribution is 6.30. The summed E-state index contributed by atoms with van der Waals surface area (Å²) in [6, 6.07) is 9.34. The molecule has 1 fully saturated rings. The zero-order valence-electron chi connectivity index (χ0n) is 15.9. The van der Waals surface area contributed by atoms with Crippen molar-refractivity contribution >= 4 is 17.5 Å². The number of piperazine rings is 1. The molecule has 0 unspecified atom stereocenters. The summed E-state index contributed by atoms with van der Waals surface area (Å²) in [6.07, 6.45) is 1.80. The van der Waals surface area contributed by atoms with Crippen LogP contribution in [-0.2, 0) is 6.54 Å². The normalized spacial score (nSPS) is 15.2. The highest BCUT2D eigenvalue weighted by Gasteiger charge is 2.25. The molecule has 146 valence electrons. The van der Waals surface area contributed by atoms with Gasteiger partial charge in [-0.2, -0.15) is 5.10 Å². The third-order valence-corrected chi connectivity index (χ3v) is 5.19. The Kier molecular flexibility index (Phi) is 5.19. The molecule has 0 atom stereocenters. The molecule has 0 saturated carbocycles. The minimum absolute atomic E-state index is 0.0228. The van der Waals surface area contributed by atoms with Gasteiger partial charge < -0.3 is 9.42 Å². The van der Waals surface area contributed by atoms with Crippen LogP contribution >= 0.6 is 11.6 Å².